The average Bonchev–Trinajstić information content (AvgIpc) is 2.53. The molecule has 0 aliphatic carbocycles. The third-order valence-corrected chi connectivity index (χ3v) is 3.73. The Balaban J connectivity index is 1.90. The van der Waals surface area contributed by atoms with Crippen LogP contribution in [0.2, 0.25) is 0 Å². The van der Waals surface area contributed by atoms with Gasteiger partial charge in [0.1, 0.15) is 6.61 Å². The Labute approximate surface area is 136 Å². The molecule has 2 rings (SSSR count). The average molecular weight is 354 g/mol. The van der Waals surface area contributed by atoms with E-state index in [0.717, 1.165) is 12.1 Å². The number of hydrogen-bond acceptors (Lipinski definition) is 6. The number of nitrogens with zero attached hydrogens (tertiary/aromatic N) is 1. The van der Waals surface area contributed by atoms with Crippen LogP contribution in [0.15, 0.2) is 53.4 Å². The fourth-order valence-electron chi connectivity index (χ4n) is 1.72. The van der Waals surface area contributed by atoms with Crippen molar-refractivity contribution in [2.24, 2.45) is 0 Å². The Morgan fingerprint density at radius 1 is 1.12 bits per heavy atom. The molecule has 0 aromatic heterocycles. The molecule has 10 heteroatoms. The van der Waals surface area contributed by atoms with Gasteiger partial charge in [0.2, 0.25) is 0 Å². The maximum atomic E-state index is 12.7. The number of hydrogen-bond donors (Lipinski definition) is 1. The normalized spacial score (nSPS) is 10.9. The van der Waals surface area contributed by atoms with Gasteiger partial charge in [-0.25, -0.2) is 4.79 Å². The van der Waals surface area contributed by atoms with Crippen molar-refractivity contribution in [2.75, 3.05) is 5.32 Å². The number of amides is 1. The van der Waals surface area contributed by atoms with Crippen molar-refractivity contribution in [2.45, 2.75) is 11.5 Å². The summed E-state index contributed by atoms with van der Waals surface area (Å²) in [6, 6.07) is 9.89. The minimum Gasteiger partial charge on any atom is -0.444 e. The minimum atomic E-state index is -4.80. The van der Waals surface area contributed by atoms with Crippen molar-refractivity contribution in [3.63, 3.8) is 0 Å². The van der Waals surface area contributed by atoms with Gasteiger partial charge in [-0.2, -0.15) is 8.42 Å². The molecule has 0 aliphatic heterocycles. The molecular weight excluding hydrogens is 343 g/mol. The van der Waals surface area contributed by atoms with Crippen molar-refractivity contribution in [1.82, 2.24) is 0 Å². The number of nitrogens with one attached hydrogen (secondary N) is 1. The van der Waals surface area contributed by atoms with Gasteiger partial charge in [0.05, 0.1) is 9.82 Å². The van der Waals surface area contributed by atoms with Crippen LogP contribution in [0.5, 0.6) is 0 Å². The molecule has 0 spiro atoms. The van der Waals surface area contributed by atoms with E-state index in [4.69, 9.17) is 4.74 Å². The number of nitro benzene ring substituents is 1. The second-order valence-corrected chi connectivity index (χ2v) is 5.93. The van der Waals surface area contributed by atoms with Gasteiger partial charge < -0.3 is 4.74 Å². The van der Waals surface area contributed by atoms with Crippen LogP contribution in [-0.4, -0.2) is 19.4 Å². The number of rotatable bonds is 5. The van der Waals surface area contributed by atoms with Crippen LogP contribution in [0.25, 0.3) is 0 Å². The Bertz CT molecular complexity index is 850. The Hall–Kier alpha value is -3.01. The van der Waals surface area contributed by atoms with Gasteiger partial charge in [-0.1, -0.05) is 0 Å². The van der Waals surface area contributed by atoms with Crippen LogP contribution in [0.1, 0.15) is 5.56 Å². The van der Waals surface area contributed by atoms with Gasteiger partial charge in [0, 0.05) is 17.8 Å². The molecule has 8 nitrogen and oxygen atoms in total. The summed E-state index contributed by atoms with van der Waals surface area (Å²) in [5, 5.41) is 12.9. The van der Waals surface area contributed by atoms with Crippen molar-refractivity contribution in [3.05, 3.63) is 64.2 Å². The number of nitro groups is 1. The molecule has 2 aromatic carbocycles. The van der Waals surface area contributed by atoms with E-state index in [2.05, 4.69) is 5.32 Å². The van der Waals surface area contributed by atoms with Gasteiger partial charge in [-0.3, -0.25) is 15.4 Å². The first-order chi connectivity index (χ1) is 11.3. The lowest BCUT2D eigenvalue weighted by molar-refractivity contribution is -0.384. The summed E-state index contributed by atoms with van der Waals surface area (Å²) >= 11 is 0. The van der Waals surface area contributed by atoms with E-state index in [0.29, 0.717) is 5.56 Å². The smallest absolute Gasteiger partial charge is 0.411 e. The zero-order valence-electron chi connectivity index (χ0n) is 12.0. The monoisotopic (exact) mass is 354 g/mol. The third-order valence-electron chi connectivity index (χ3n) is 2.90. The molecule has 0 saturated heterocycles. The maximum absolute atomic E-state index is 12.7. The lowest BCUT2D eigenvalue weighted by atomic mass is 10.2. The molecule has 2 aromatic rings. The summed E-state index contributed by atoms with van der Waals surface area (Å²) in [4.78, 5) is 21.1. The number of carbonyl (C=O) groups is 1. The number of ether oxygens (including phenoxy) is 1. The summed E-state index contributed by atoms with van der Waals surface area (Å²) in [5.74, 6) is 0. The first-order valence-corrected chi connectivity index (χ1v) is 7.86. The highest BCUT2D eigenvalue weighted by atomic mass is 32.3. The zero-order chi connectivity index (χ0) is 17.7. The van der Waals surface area contributed by atoms with Crippen LogP contribution in [0.3, 0.4) is 0 Å². The molecule has 0 unspecified atom stereocenters. The second kappa shape index (κ2) is 7.04. The van der Waals surface area contributed by atoms with E-state index in [9.17, 15) is 27.2 Å². The molecule has 0 heterocycles. The molecule has 1 amide bonds. The van der Waals surface area contributed by atoms with Crippen molar-refractivity contribution in [3.8, 4) is 0 Å². The summed E-state index contributed by atoms with van der Waals surface area (Å²) in [6.07, 6.45) is -0.816. The highest BCUT2D eigenvalue weighted by molar-refractivity contribution is 7.86. The third kappa shape index (κ3) is 4.74. The topological polar surface area (TPSA) is 116 Å². The largest absolute Gasteiger partial charge is 0.444 e. The fraction of sp³-hybridized carbons (Fsp3) is 0.0714. The predicted molar refractivity (Wildman–Crippen MR) is 81.6 cm³/mol. The van der Waals surface area contributed by atoms with E-state index in [1.54, 1.807) is 0 Å². The lowest BCUT2D eigenvalue weighted by Gasteiger charge is -2.07. The number of halogens is 1. The van der Waals surface area contributed by atoms with Gasteiger partial charge in [-0.15, -0.1) is 3.89 Å². The molecule has 0 saturated carbocycles. The van der Waals surface area contributed by atoms with E-state index >= 15 is 0 Å². The van der Waals surface area contributed by atoms with Crippen LogP contribution in [-0.2, 0) is 21.6 Å². The second-order valence-electron chi connectivity index (χ2n) is 4.59. The molecular formula is C14H11FN2O6S. The molecule has 126 valence electrons. The van der Waals surface area contributed by atoms with Crippen LogP contribution in [0, 0.1) is 10.1 Å². The lowest BCUT2D eigenvalue weighted by Crippen LogP contribution is -2.13. The Morgan fingerprint density at radius 2 is 1.71 bits per heavy atom. The summed E-state index contributed by atoms with van der Waals surface area (Å²) in [7, 11) is -4.80. The molecule has 1 N–H and O–H groups in total. The van der Waals surface area contributed by atoms with Gasteiger partial charge in [0.15, 0.2) is 0 Å². The molecule has 0 fully saturated rings. The highest BCUT2D eigenvalue weighted by Crippen LogP contribution is 2.16. The molecule has 0 bridgehead atoms. The Morgan fingerprint density at radius 3 is 2.21 bits per heavy atom. The van der Waals surface area contributed by atoms with Crippen LogP contribution in [0.4, 0.5) is 20.1 Å². The molecule has 0 radical (unpaired) electrons. The van der Waals surface area contributed by atoms with E-state index in [-0.39, 0.29) is 18.0 Å². The van der Waals surface area contributed by atoms with Crippen molar-refractivity contribution in [1.29, 1.82) is 0 Å². The molecule has 0 atom stereocenters. The quantitative estimate of drug-likeness (QED) is 0.501. The van der Waals surface area contributed by atoms with E-state index in [1.165, 1.54) is 36.4 Å². The summed E-state index contributed by atoms with van der Waals surface area (Å²) in [5.41, 5.74) is 0.692. The zero-order valence-corrected chi connectivity index (χ0v) is 12.8. The molecule has 24 heavy (non-hydrogen) atoms. The summed E-state index contributed by atoms with van der Waals surface area (Å²) < 4.78 is 39.0. The summed E-state index contributed by atoms with van der Waals surface area (Å²) in [6.45, 7) is -0.110. The van der Waals surface area contributed by atoms with E-state index < -0.39 is 26.1 Å². The Kier molecular flexibility index (Phi) is 5.09. The minimum absolute atomic E-state index is 0.0777. The maximum Gasteiger partial charge on any atom is 0.411 e. The number of carbonyl (C=O) groups excluding carboxylic acids is 1. The van der Waals surface area contributed by atoms with Crippen molar-refractivity contribution < 1.29 is 26.8 Å². The van der Waals surface area contributed by atoms with Crippen LogP contribution >= 0.6 is 0 Å². The first kappa shape index (κ1) is 17.3. The standard InChI is InChI=1S/C14H11FN2O6S/c15-24(21,22)13-7-3-11(4-8-13)16-14(18)23-9-10-1-5-12(6-2-10)17(19)20/h1-8H,9H2,(H,16,18). The number of benzene rings is 2. The molecule has 0 aliphatic rings. The number of non-ortho nitro benzene ring substituents is 1. The predicted octanol–water partition coefficient (Wildman–Crippen LogP) is 3.00. The fourth-order valence-corrected chi connectivity index (χ4v) is 2.18. The highest BCUT2D eigenvalue weighted by Gasteiger charge is 2.12. The first-order valence-electron chi connectivity index (χ1n) is 6.47. The van der Waals surface area contributed by atoms with Gasteiger partial charge >= 0.3 is 16.3 Å². The van der Waals surface area contributed by atoms with Crippen LogP contribution < -0.4 is 5.32 Å². The number of anilines is 1. The SMILES string of the molecule is O=C(Nc1ccc(S(=O)(=O)F)cc1)OCc1ccc([N+](=O)[O-])cc1. The van der Waals surface area contributed by atoms with Crippen molar-refractivity contribution >= 4 is 27.7 Å². The van der Waals surface area contributed by atoms with Gasteiger partial charge in [-0.05, 0) is 42.0 Å². The van der Waals surface area contributed by atoms with Gasteiger partial charge in [0.25, 0.3) is 5.69 Å². The van der Waals surface area contributed by atoms with E-state index in [1.807, 2.05) is 0 Å².